The van der Waals surface area contributed by atoms with Crippen LogP contribution in [0.4, 0.5) is 4.79 Å². The van der Waals surface area contributed by atoms with Gasteiger partial charge in [0.1, 0.15) is 0 Å². The number of carbonyl (C=O) groups is 2. The van der Waals surface area contributed by atoms with Crippen LogP contribution < -0.4 is 10.6 Å². The highest BCUT2D eigenvalue weighted by Crippen LogP contribution is 2.28. The molecule has 0 saturated carbocycles. The molecule has 2 N–H and O–H groups in total. The van der Waals surface area contributed by atoms with Gasteiger partial charge in [0.2, 0.25) is 5.91 Å². The monoisotopic (exact) mass is 384 g/mol. The van der Waals surface area contributed by atoms with Gasteiger partial charge in [-0.3, -0.25) is 10.1 Å². The van der Waals surface area contributed by atoms with Gasteiger partial charge in [-0.15, -0.1) is 0 Å². The molecule has 0 radical (unpaired) electrons. The summed E-state index contributed by atoms with van der Waals surface area (Å²) in [6.07, 6.45) is 0. The van der Waals surface area contributed by atoms with Gasteiger partial charge in [0.25, 0.3) is 0 Å². The van der Waals surface area contributed by atoms with Crippen LogP contribution in [0.5, 0.6) is 0 Å². The summed E-state index contributed by atoms with van der Waals surface area (Å²) >= 11 is 7.32. The Labute approximate surface area is 155 Å². The number of carbonyl (C=O) groups excluding carboxylic acids is 2. The number of nitrogens with zero attached hydrogens (tertiary/aromatic N) is 2. The molecule has 0 spiro atoms. The van der Waals surface area contributed by atoms with E-state index in [1.165, 1.54) is 11.8 Å². The predicted octanol–water partition coefficient (Wildman–Crippen LogP) is 2.66. The van der Waals surface area contributed by atoms with Crippen molar-refractivity contribution in [3.05, 3.63) is 23.2 Å². The fourth-order valence-electron chi connectivity index (χ4n) is 2.20. The van der Waals surface area contributed by atoms with E-state index < -0.39 is 11.3 Å². The number of nitrogens with one attached hydrogen (secondary N) is 2. The first kappa shape index (κ1) is 19.6. The molecule has 0 aliphatic heterocycles. The molecule has 0 fully saturated rings. The van der Waals surface area contributed by atoms with Gasteiger partial charge in [-0.1, -0.05) is 23.4 Å². The average molecular weight is 385 g/mol. The second-order valence-electron chi connectivity index (χ2n) is 5.28. The number of rotatable bonds is 7. The van der Waals surface area contributed by atoms with Crippen LogP contribution in [-0.4, -0.2) is 47.0 Å². The van der Waals surface area contributed by atoms with Crippen LogP contribution in [0, 0.1) is 0 Å². The molecule has 1 aromatic heterocycles. The number of hydrogen-bond donors (Lipinski definition) is 2. The zero-order chi connectivity index (χ0) is 18.4. The Morgan fingerprint density at radius 1 is 1.44 bits per heavy atom. The topological polar surface area (TPSA) is 85.3 Å². The first-order valence-corrected chi connectivity index (χ1v) is 9.12. The van der Waals surface area contributed by atoms with Crippen molar-refractivity contribution in [2.45, 2.75) is 30.8 Å². The van der Waals surface area contributed by atoms with Gasteiger partial charge in [-0.2, -0.15) is 0 Å². The third kappa shape index (κ3) is 5.10. The van der Waals surface area contributed by atoms with Crippen LogP contribution in [0.25, 0.3) is 11.0 Å². The normalized spacial score (nSPS) is 12.2. The van der Waals surface area contributed by atoms with E-state index in [9.17, 15) is 9.59 Å². The lowest BCUT2D eigenvalue weighted by Crippen LogP contribution is -2.42. The Kier molecular flexibility index (Phi) is 7.10. The highest BCUT2D eigenvalue weighted by molar-refractivity contribution is 8.00. The standard InChI is InChI=1S/C16H21ClN4O3S/c1-4-18-15(23)20-14(22)10(2)25-16-19-12-9-11(17)5-6-13(12)21(16)7-8-24-3/h5-6,9-10H,4,7-8H2,1-3H3,(H2,18,20,22,23). The zero-order valence-corrected chi connectivity index (χ0v) is 15.9. The summed E-state index contributed by atoms with van der Waals surface area (Å²) < 4.78 is 7.14. The van der Waals surface area contributed by atoms with Crippen molar-refractivity contribution in [3.8, 4) is 0 Å². The molecule has 1 atom stereocenters. The van der Waals surface area contributed by atoms with Gasteiger partial charge < -0.3 is 14.6 Å². The van der Waals surface area contributed by atoms with Crippen LogP contribution in [0.15, 0.2) is 23.4 Å². The summed E-state index contributed by atoms with van der Waals surface area (Å²) in [5, 5.41) is 5.63. The molecule has 7 nitrogen and oxygen atoms in total. The zero-order valence-electron chi connectivity index (χ0n) is 14.3. The van der Waals surface area contributed by atoms with Gasteiger partial charge in [0.15, 0.2) is 5.16 Å². The Hall–Kier alpha value is -1.77. The number of halogens is 1. The van der Waals surface area contributed by atoms with E-state index >= 15 is 0 Å². The number of aromatic nitrogens is 2. The first-order valence-electron chi connectivity index (χ1n) is 7.86. The molecule has 2 aromatic rings. The third-order valence-corrected chi connectivity index (χ3v) is 4.74. The second kappa shape index (κ2) is 9.07. The lowest BCUT2D eigenvalue weighted by molar-refractivity contribution is -0.119. The van der Waals surface area contributed by atoms with E-state index in [2.05, 4.69) is 15.6 Å². The minimum absolute atomic E-state index is 0.376. The predicted molar refractivity (Wildman–Crippen MR) is 99.2 cm³/mol. The van der Waals surface area contributed by atoms with Gasteiger partial charge in [0.05, 0.1) is 22.9 Å². The first-order chi connectivity index (χ1) is 12.0. The van der Waals surface area contributed by atoms with Crippen LogP contribution >= 0.6 is 23.4 Å². The number of benzene rings is 1. The fraction of sp³-hybridized carbons (Fsp3) is 0.438. The molecule has 2 rings (SSSR count). The van der Waals surface area contributed by atoms with E-state index in [1.807, 2.05) is 10.6 Å². The number of amides is 3. The minimum Gasteiger partial charge on any atom is -0.383 e. The van der Waals surface area contributed by atoms with Crippen LogP contribution in [0.3, 0.4) is 0 Å². The largest absolute Gasteiger partial charge is 0.383 e. The number of thioether (sulfide) groups is 1. The summed E-state index contributed by atoms with van der Waals surface area (Å²) in [5.41, 5.74) is 1.67. The number of urea groups is 1. The molecule has 0 aliphatic carbocycles. The number of methoxy groups -OCH3 is 1. The Bertz CT molecular complexity index is 765. The van der Waals surface area contributed by atoms with Gasteiger partial charge >= 0.3 is 6.03 Å². The Morgan fingerprint density at radius 3 is 2.88 bits per heavy atom. The molecular formula is C16H21ClN4O3S. The van der Waals surface area contributed by atoms with E-state index in [0.29, 0.717) is 29.9 Å². The van der Waals surface area contributed by atoms with Gasteiger partial charge in [-0.25, -0.2) is 9.78 Å². The van der Waals surface area contributed by atoms with Crippen molar-refractivity contribution in [1.29, 1.82) is 0 Å². The SMILES string of the molecule is CCNC(=O)NC(=O)C(C)Sc1nc2cc(Cl)ccc2n1CCOC. The van der Waals surface area contributed by atoms with E-state index in [4.69, 9.17) is 16.3 Å². The molecule has 1 aromatic carbocycles. The molecule has 1 heterocycles. The molecular weight excluding hydrogens is 364 g/mol. The summed E-state index contributed by atoms with van der Waals surface area (Å²) in [6.45, 7) is 5.08. The summed E-state index contributed by atoms with van der Waals surface area (Å²) in [4.78, 5) is 28.2. The smallest absolute Gasteiger partial charge is 0.321 e. The number of imide groups is 1. The fourth-order valence-corrected chi connectivity index (χ4v) is 3.32. The lowest BCUT2D eigenvalue weighted by Gasteiger charge is -2.13. The van der Waals surface area contributed by atoms with Crippen molar-refractivity contribution < 1.29 is 14.3 Å². The molecule has 9 heteroatoms. The molecule has 25 heavy (non-hydrogen) atoms. The number of imidazole rings is 1. The van der Waals surface area contributed by atoms with Crippen molar-refractivity contribution in [3.63, 3.8) is 0 Å². The van der Waals surface area contributed by atoms with Crippen LogP contribution in [0.1, 0.15) is 13.8 Å². The maximum absolute atomic E-state index is 12.2. The molecule has 3 amide bonds. The highest BCUT2D eigenvalue weighted by Gasteiger charge is 2.21. The molecule has 0 saturated heterocycles. The number of fused-ring (bicyclic) bond motifs is 1. The van der Waals surface area contributed by atoms with Crippen molar-refractivity contribution >= 4 is 46.3 Å². The molecule has 1 unspecified atom stereocenters. The van der Waals surface area contributed by atoms with Crippen molar-refractivity contribution in [1.82, 2.24) is 20.2 Å². The van der Waals surface area contributed by atoms with Crippen LogP contribution in [-0.2, 0) is 16.1 Å². The number of ether oxygens (including phenoxy) is 1. The minimum atomic E-state index is -0.500. The van der Waals surface area contributed by atoms with Crippen molar-refractivity contribution in [2.24, 2.45) is 0 Å². The van der Waals surface area contributed by atoms with Crippen molar-refractivity contribution in [2.75, 3.05) is 20.3 Å². The lowest BCUT2D eigenvalue weighted by atomic mass is 10.3. The highest BCUT2D eigenvalue weighted by atomic mass is 35.5. The molecule has 0 aliphatic rings. The quantitative estimate of drug-likeness (QED) is 0.717. The maximum Gasteiger partial charge on any atom is 0.321 e. The molecule has 0 bridgehead atoms. The summed E-state index contributed by atoms with van der Waals surface area (Å²) in [5.74, 6) is -0.376. The Balaban J connectivity index is 2.20. The van der Waals surface area contributed by atoms with E-state index in [1.54, 1.807) is 33.1 Å². The number of hydrogen-bond acceptors (Lipinski definition) is 5. The van der Waals surface area contributed by atoms with E-state index in [0.717, 1.165) is 11.0 Å². The second-order valence-corrected chi connectivity index (χ2v) is 7.03. The Morgan fingerprint density at radius 2 is 2.20 bits per heavy atom. The summed E-state index contributed by atoms with van der Waals surface area (Å²) in [6, 6.07) is 4.97. The third-order valence-electron chi connectivity index (χ3n) is 3.42. The average Bonchev–Trinajstić information content (AvgIpc) is 2.89. The van der Waals surface area contributed by atoms with Gasteiger partial charge in [0, 0.05) is 25.2 Å². The van der Waals surface area contributed by atoms with Gasteiger partial charge in [-0.05, 0) is 32.0 Å². The van der Waals surface area contributed by atoms with Crippen LogP contribution in [0.2, 0.25) is 5.02 Å². The maximum atomic E-state index is 12.2. The summed E-state index contributed by atoms with van der Waals surface area (Å²) in [7, 11) is 1.63. The molecule has 136 valence electrons. The van der Waals surface area contributed by atoms with E-state index in [-0.39, 0.29) is 5.91 Å².